The number of rotatable bonds is 6. The molecular formula is C19H27F3N2O3S. The molecule has 1 amide bonds. The van der Waals surface area contributed by atoms with E-state index in [1.54, 1.807) is 0 Å². The highest BCUT2D eigenvalue weighted by molar-refractivity contribution is 7.92. The Kier molecular flexibility index (Phi) is 6.50. The highest BCUT2D eigenvalue weighted by atomic mass is 32.2. The van der Waals surface area contributed by atoms with Gasteiger partial charge in [-0.3, -0.25) is 4.79 Å². The number of hydrogen-bond donors (Lipinski definition) is 2. The predicted molar refractivity (Wildman–Crippen MR) is 101 cm³/mol. The molecule has 5 nitrogen and oxygen atoms in total. The van der Waals surface area contributed by atoms with E-state index in [0.29, 0.717) is 12.5 Å². The van der Waals surface area contributed by atoms with Gasteiger partial charge < -0.3 is 10.6 Å². The summed E-state index contributed by atoms with van der Waals surface area (Å²) in [6, 6.07) is 3.74. The topological polar surface area (TPSA) is 75.3 Å². The van der Waals surface area contributed by atoms with Crippen LogP contribution in [0, 0.1) is 0 Å². The number of carbonyl (C=O) groups excluding carboxylic acids is 1. The minimum atomic E-state index is -4.62. The maximum atomic E-state index is 12.9. The fourth-order valence-corrected chi connectivity index (χ4v) is 4.76. The molecule has 0 saturated carbocycles. The molecule has 1 aromatic carbocycles. The van der Waals surface area contributed by atoms with Crippen molar-refractivity contribution < 1.29 is 26.4 Å². The zero-order chi connectivity index (χ0) is 21.2. The zero-order valence-corrected chi connectivity index (χ0v) is 17.1. The van der Waals surface area contributed by atoms with Crippen LogP contribution in [0.25, 0.3) is 0 Å². The molecule has 0 spiro atoms. The molecule has 28 heavy (non-hydrogen) atoms. The zero-order valence-electron chi connectivity index (χ0n) is 16.3. The van der Waals surface area contributed by atoms with Crippen molar-refractivity contribution in [2.45, 2.75) is 67.8 Å². The number of sulfone groups is 1. The van der Waals surface area contributed by atoms with Crippen LogP contribution in [-0.2, 0) is 20.8 Å². The van der Waals surface area contributed by atoms with E-state index in [4.69, 9.17) is 0 Å². The van der Waals surface area contributed by atoms with Gasteiger partial charge in [-0.15, -0.1) is 0 Å². The smallest absolute Gasteiger partial charge is 0.354 e. The number of amides is 1. The highest BCUT2D eigenvalue weighted by Gasteiger charge is 2.39. The number of carbonyl (C=O) groups is 1. The summed E-state index contributed by atoms with van der Waals surface area (Å²) in [6.07, 6.45) is -1.90. The van der Waals surface area contributed by atoms with Crippen molar-refractivity contribution in [2.24, 2.45) is 0 Å². The van der Waals surface area contributed by atoms with Crippen molar-refractivity contribution in [1.82, 2.24) is 10.6 Å². The van der Waals surface area contributed by atoms with Gasteiger partial charge >= 0.3 is 6.18 Å². The molecule has 1 heterocycles. The van der Waals surface area contributed by atoms with E-state index in [-0.39, 0.29) is 23.8 Å². The van der Waals surface area contributed by atoms with Gasteiger partial charge in [0.2, 0.25) is 5.91 Å². The first kappa shape index (κ1) is 22.7. The van der Waals surface area contributed by atoms with Crippen LogP contribution in [0.15, 0.2) is 29.2 Å². The summed E-state index contributed by atoms with van der Waals surface area (Å²) >= 11 is 0. The predicted octanol–water partition coefficient (Wildman–Crippen LogP) is 3.30. The Hall–Kier alpha value is -1.61. The Balaban J connectivity index is 2.08. The van der Waals surface area contributed by atoms with E-state index in [0.717, 1.165) is 37.6 Å². The van der Waals surface area contributed by atoms with E-state index in [1.165, 1.54) is 13.8 Å². The molecule has 1 atom stereocenters. The van der Waals surface area contributed by atoms with Gasteiger partial charge in [-0.2, -0.15) is 13.2 Å². The average Bonchev–Trinajstić information content (AvgIpc) is 2.61. The van der Waals surface area contributed by atoms with Crippen LogP contribution in [0.3, 0.4) is 0 Å². The van der Waals surface area contributed by atoms with E-state index < -0.39 is 31.9 Å². The minimum absolute atomic E-state index is 0.0768. The Morgan fingerprint density at radius 1 is 1.25 bits per heavy atom. The lowest BCUT2D eigenvalue weighted by molar-refractivity contribution is -0.137. The number of nitrogens with one attached hydrogen (secondary N) is 2. The summed E-state index contributed by atoms with van der Waals surface area (Å²) in [5.41, 5.74) is -1.68. The standard InChI is InChI=1S/C19H27F3N2O3S/c1-17(2,10-12-23-16(25)18(3)9-4-5-11-24-18)28(26,27)15-8-6-7-14(13-15)19(20,21)22/h6-8,13,24H,4-5,9-12H2,1-3H3,(H,23,25). The molecule has 9 heteroatoms. The van der Waals surface area contributed by atoms with Crippen molar-refractivity contribution in [1.29, 1.82) is 0 Å². The van der Waals surface area contributed by atoms with Crippen LogP contribution in [0.4, 0.5) is 13.2 Å². The molecule has 1 fully saturated rings. The van der Waals surface area contributed by atoms with E-state index >= 15 is 0 Å². The van der Waals surface area contributed by atoms with Crippen molar-refractivity contribution in [3.05, 3.63) is 29.8 Å². The molecule has 1 aliphatic rings. The molecule has 0 radical (unpaired) electrons. The van der Waals surface area contributed by atoms with E-state index in [9.17, 15) is 26.4 Å². The Morgan fingerprint density at radius 2 is 1.93 bits per heavy atom. The van der Waals surface area contributed by atoms with Crippen molar-refractivity contribution >= 4 is 15.7 Å². The second-order valence-electron chi connectivity index (χ2n) is 8.01. The third-order valence-electron chi connectivity index (χ3n) is 5.33. The fraction of sp³-hybridized carbons (Fsp3) is 0.632. The highest BCUT2D eigenvalue weighted by Crippen LogP contribution is 2.34. The first-order valence-electron chi connectivity index (χ1n) is 9.25. The Labute approximate surface area is 164 Å². The molecule has 1 saturated heterocycles. The first-order chi connectivity index (χ1) is 12.8. The molecular weight excluding hydrogens is 393 g/mol. The minimum Gasteiger partial charge on any atom is -0.354 e. The fourth-order valence-electron chi connectivity index (χ4n) is 3.22. The van der Waals surface area contributed by atoms with Gasteiger partial charge in [-0.1, -0.05) is 6.07 Å². The first-order valence-corrected chi connectivity index (χ1v) is 10.7. The van der Waals surface area contributed by atoms with Crippen LogP contribution in [-0.4, -0.2) is 37.7 Å². The molecule has 1 aliphatic heterocycles. The summed E-state index contributed by atoms with van der Waals surface area (Å²) in [4.78, 5) is 12.1. The third-order valence-corrected chi connectivity index (χ3v) is 7.87. The molecule has 0 bridgehead atoms. The quantitative estimate of drug-likeness (QED) is 0.741. The second kappa shape index (κ2) is 8.02. The van der Waals surface area contributed by atoms with Crippen LogP contribution >= 0.6 is 0 Å². The molecule has 2 rings (SSSR count). The number of hydrogen-bond acceptors (Lipinski definition) is 4. The molecule has 1 unspecified atom stereocenters. The molecule has 158 valence electrons. The molecule has 0 aromatic heterocycles. The van der Waals surface area contributed by atoms with Crippen LogP contribution in [0.1, 0.15) is 52.0 Å². The number of alkyl halides is 3. The lowest BCUT2D eigenvalue weighted by atomic mass is 9.90. The summed E-state index contributed by atoms with van der Waals surface area (Å²) in [7, 11) is -4.03. The average molecular weight is 420 g/mol. The summed E-state index contributed by atoms with van der Waals surface area (Å²) in [6.45, 7) is 5.58. The maximum absolute atomic E-state index is 12.9. The number of benzene rings is 1. The van der Waals surface area contributed by atoms with Gasteiger partial charge in [-0.05, 0) is 71.2 Å². The van der Waals surface area contributed by atoms with Crippen molar-refractivity contribution in [2.75, 3.05) is 13.1 Å². The summed E-state index contributed by atoms with van der Waals surface area (Å²) < 4.78 is 63.1. The number of piperidine rings is 1. The van der Waals surface area contributed by atoms with Gasteiger partial charge in [0.1, 0.15) is 0 Å². The Bertz CT molecular complexity index is 814. The van der Waals surface area contributed by atoms with Gasteiger partial charge in [0.15, 0.2) is 9.84 Å². The molecule has 0 aliphatic carbocycles. The normalized spacial score (nSPS) is 21.4. The van der Waals surface area contributed by atoms with Crippen LogP contribution in [0.5, 0.6) is 0 Å². The Morgan fingerprint density at radius 3 is 2.50 bits per heavy atom. The monoisotopic (exact) mass is 420 g/mol. The van der Waals surface area contributed by atoms with Gasteiger partial charge in [0.05, 0.1) is 20.7 Å². The van der Waals surface area contributed by atoms with Crippen molar-refractivity contribution in [3.63, 3.8) is 0 Å². The second-order valence-corrected chi connectivity index (χ2v) is 10.6. The third kappa shape index (κ3) is 4.86. The number of halogens is 3. The molecule has 1 aromatic rings. The lowest BCUT2D eigenvalue weighted by Gasteiger charge is -2.34. The summed E-state index contributed by atoms with van der Waals surface area (Å²) in [5, 5.41) is 5.94. The van der Waals surface area contributed by atoms with Gasteiger partial charge in [0, 0.05) is 6.54 Å². The van der Waals surface area contributed by atoms with E-state index in [2.05, 4.69) is 10.6 Å². The largest absolute Gasteiger partial charge is 0.416 e. The molecule has 2 N–H and O–H groups in total. The van der Waals surface area contributed by atoms with E-state index in [1.807, 2.05) is 6.92 Å². The summed E-state index contributed by atoms with van der Waals surface area (Å²) in [5.74, 6) is -0.195. The van der Waals surface area contributed by atoms with Crippen molar-refractivity contribution in [3.8, 4) is 0 Å². The lowest BCUT2D eigenvalue weighted by Crippen LogP contribution is -2.57. The van der Waals surface area contributed by atoms with Crippen LogP contribution < -0.4 is 10.6 Å². The van der Waals surface area contributed by atoms with Gasteiger partial charge in [0.25, 0.3) is 0 Å². The van der Waals surface area contributed by atoms with Gasteiger partial charge in [-0.25, -0.2) is 8.42 Å². The maximum Gasteiger partial charge on any atom is 0.416 e. The SMILES string of the molecule is CC1(C(=O)NCCC(C)(C)S(=O)(=O)c2cccc(C(F)(F)F)c2)CCCCN1. The van der Waals surface area contributed by atoms with Crippen LogP contribution in [0.2, 0.25) is 0 Å².